The number of oxime groups is 1. The van der Waals surface area contributed by atoms with Crippen molar-refractivity contribution in [3.05, 3.63) is 45.6 Å². The standard InChI is InChI=1S/C21H29IN2O4/c22-19(13-20(24-26)21(25)23-14-18-10-12-28-15-18)16-27-11-6-2-5-9-17-7-3-1-4-8-17/h1,3-4,7-8,13,18,26H,2,5-6,9-12,14-16H2,(H,23,25)/b19-13-,24-20+. The molecule has 1 aromatic rings. The minimum Gasteiger partial charge on any atom is -0.410 e. The van der Waals surface area contributed by atoms with Crippen LogP contribution in [0.1, 0.15) is 31.2 Å². The first kappa shape index (κ1) is 22.8. The molecule has 1 heterocycles. The van der Waals surface area contributed by atoms with Gasteiger partial charge in [0.15, 0.2) is 5.71 Å². The predicted octanol–water partition coefficient (Wildman–Crippen LogP) is 3.72. The van der Waals surface area contributed by atoms with Crippen LogP contribution in [0.25, 0.3) is 0 Å². The quantitative estimate of drug-likeness (QED) is 0.151. The van der Waals surface area contributed by atoms with Crippen molar-refractivity contribution in [2.24, 2.45) is 11.1 Å². The van der Waals surface area contributed by atoms with Crippen LogP contribution >= 0.6 is 22.6 Å². The van der Waals surface area contributed by atoms with Gasteiger partial charge in [0.05, 0.1) is 13.2 Å². The number of nitrogens with one attached hydrogen (secondary N) is 1. The van der Waals surface area contributed by atoms with Crippen LogP contribution in [0.4, 0.5) is 0 Å². The Morgan fingerprint density at radius 2 is 2.14 bits per heavy atom. The van der Waals surface area contributed by atoms with Gasteiger partial charge < -0.3 is 20.0 Å². The SMILES string of the molecule is O=C(NCC1CCOC1)C(/C=C(\I)COCCCCCc1ccccc1)=N/O. The number of carbonyl (C=O) groups is 1. The molecule has 2 rings (SSSR count). The van der Waals surface area contributed by atoms with Crippen LogP contribution in [-0.4, -0.2) is 49.8 Å². The first-order valence-corrected chi connectivity index (χ1v) is 10.8. The van der Waals surface area contributed by atoms with E-state index in [0.29, 0.717) is 32.3 Å². The summed E-state index contributed by atoms with van der Waals surface area (Å²) >= 11 is 2.10. The summed E-state index contributed by atoms with van der Waals surface area (Å²) in [5.74, 6) is -0.0540. The van der Waals surface area contributed by atoms with Crippen LogP contribution in [0, 0.1) is 5.92 Å². The highest BCUT2D eigenvalue weighted by atomic mass is 127. The largest absolute Gasteiger partial charge is 0.410 e. The van der Waals surface area contributed by atoms with E-state index < -0.39 is 0 Å². The number of aryl methyl sites for hydroxylation is 1. The molecule has 1 fully saturated rings. The third-order valence-corrected chi connectivity index (χ3v) is 5.17. The Kier molecular flexibility index (Phi) is 11.2. The molecule has 0 aromatic heterocycles. The Morgan fingerprint density at radius 1 is 1.32 bits per heavy atom. The third kappa shape index (κ3) is 9.16. The average Bonchev–Trinajstić information content (AvgIpc) is 3.24. The van der Waals surface area contributed by atoms with Gasteiger partial charge >= 0.3 is 0 Å². The molecule has 6 nitrogen and oxygen atoms in total. The smallest absolute Gasteiger partial charge is 0.273 e. The lowest BCUT2D eigenvalue weighted by Crippen LogP contribution is -2.34. The highest BCUT2D eigenvalue weighted by Crippen LogP contribution is 2.11. The normalized spacial score (nSPS) is 17.7. The molecule has 1 unspecified atom stereocenters. The number of nitrogens with zero attached hydrogens (tertiary/aromatic N) is 1. The molecule has 2 N–H and O–H groups in total. The van der Waals surface area contributed by atoms with Gasteiger partial charge in [-0.25, -0.2) is 0 Å². The summed E-state index contributed by atoms with van der Waals surface area (Å²) in [5.41, 5.74) is 1.37. The molecule has 1 amide bonds. The Labute approximate surface area is 180 Å². The minimum absolute atomic E-state index is 0.00484. The van der Waals surface area contributed by atoms with Crippen molar-refractivity contribution in [3.63, 3.8) is 0 Å². The maximum atomic E-state index is 12.1. The third-order valence-electron chi connectivity index (χ3n) is 4.55. The molecule has 1 aromatic carbocycles. The van der Waals surface area contributed by atoms with E-state index in [9.17, 15) is 4.79 Å². The highest BCUT2D eigenvalue weighted by Gasteiger charge is 2.18. The number of benzene rings is 1. The zero-order valence-electron chi connectivity index (χ0n) is 16.1. The van der Waals surface area contributed by atoms with Crippen LogP contribution in [0.2, 0.25) is 0 Å². The van der Waals surface area contributed by atoms with E-state index in [2.05, 4.69) is 57.3 Å². The van der Waals surface area contributed by atoms with Gasteiger partial charge in [0.2, 0.25) is 0 Å². The van der Waals surface area contributed by atoms with E-state index in [-0.39, 0.29) is 11.6 Å². The molecule has 1 aliphatic heterocycles. The topological polar surface area (TPSA) is 80.2 Å². The first-order valence-electron chi connectivity index (χ1n) is 9.74. The van der Waals surface area contributed by atoms with Crippen molar-refractivity contribution in [3.8, 4) is 0 Å². The molecule has 1 aliphatic rings. The molecule has 0 aliphatic carbocycles. The Bertz CT molecular complexity index is 643. The van der Waals surface area contributed by atoms with E-state index in [1.807, 2.05) is 6.07 Å². The first-order chi connectivity index (χ1) is 13.7. The van der Waals surface area contributed by atoms with Crippen LogP contribution in [-0.2, 0) is 20.7 Å². The lowest BCUT2D eigenvalue weighted by molar-refractivity contribution is -0.115. The molecule has 0 radical (unpaired) electrons. The van der Waals surface area contributed by atoms with Crippen molar-refractivity contribution in [2.45, 2.75) is 32.1 Å². The molecule has 0 bridgehead atoms. The fraction of sp³-hybridized carbons (Fsp3) is 0.524. The molecular weight excluding hydrogens is 471 g/mol. The molecule has 1 saturated heterocycles. The Hall–Kier alpha value is -1.45. The maximum Gasteiger partial charge on any atom is 0.273 e. The number of hydrogen-bond acceptors (Lipinski definition) is 5. The van der Waals surface area contributed by atoms with E-state index in [4.69, 9.17) is 14.7 Å². The van der Waals surface area contributed by atoms with Crippen molar-refractivity contribution in [1.82, 2.24) is 5.32 Å². The molecule has 1 atom stereocenters. The fourth-order valence-electron chi connectivity index (χ4n) is 2.93. The molecule has 154 valence electrons. The summed E-state index contributed by atoms with van der Waals surface area (Å²) in [6, 6.07) is 10.5. The van der Waals surface area contributed by atoms with Gasteiger partial charge in [-0.15, -0.1) is 0 Å². The van der Waals surface area contributed by atoms with Crippen LogP contribution in [0.3, 0.4) is 0 Å². The number of halogens is 1. The number of amides is 1. The molecule has 28 heavy (non-hydrogen) atoms. The number of ether oxygens (including phenoxy) is 2. The van der Waals surface area contributed by atoms with Crippen molar-refractivity contribution >= 4 is 34.2 Å². The van der Waals surface area contributed by atoms with Crippen molar-refractivity contribution in [1.29, 1.82) is 0 Å². The lowest BCUT2D eigenvalue weighted by Gasteiger charge is -2.09. The number of unbranched alkanes of at least 4 members (excludes halogenated alkanes) is 2. The summed E-state index contributed by atoms with van der Waals surface area (Å²) in [7, 11) is 0. The van der Waals surface area contributed by atoms with Crippen molar-refractivity contribution < 1.29 is 19.5 Å². The number of rotatable bonds is 12. The Morgan fingerprint density at radius 3 is 2.86 bits per heavy atom. The minimum atomic E-state index is -0.385. The van der Waals surface area contributed by atoms with Gasteiger partial charge in [0.1, 0.15) is 0 Å². The van der Waals surface area contributed by atoms with Gasteiger partial charge in [0, 0.05) is 29.3 Å². The zero-order chi connectivity index (χ0) is 20.0. The van der Waals surface area contributed by atoms with E-state index in [1.54, 1.807) is 6.08 Å². The zero-order valence-corrected chi connectivity index (χ0v) is 18.3. The van der Waals surface area contributed by atoms with Gasteiger partial charge in [-0.2, -0.15) is 0 Å². The Balaban J connectivity index is 1.57. The summed E-state index contributed by atoms with van der Waals surface area (Å²) in [6.45, 7) is 3.01. The molecule has 0 saturated carbocycles. The second kappa shape index (κ2) is 13.7. The molecule has 7 heteroatoms. The van der Waals surface area contributed by atoms with Gasteiger partial charge in [-0.1, -0.05) is 41.9 Å². The fourth-order valence-corrected chi connectivity index (χ4v) is 3.44. The average molecular weight is 500 g/mol. The second-order valence-corrected chi connectivity index (χ2v) is 8.25. The summed E-state index contributed by atoms with van der Waals surface area (Å²) in [6.07, 6.45) is 6.85. The van der Waals surface area contributed by atoms with E-state index in [1.165, 1.54) is 5.56 Å². The molecule has 0 spiro atoms. The molecular formula is C21H29IN2O4. The predicted molar refractivity (Wildman–Crippen MR) is 118 cm³/mol. The summed E-state index contributed by atoms with van der Waals surface area (Å²) in [4.78, 5) is 12.1. The van der Waals surface area contributed by atoms with Gasteiger partial charge in [-0.05, 0) is 59.9 Å². The van der Waals surface area contributed by atoms with Crippen LogP contribution < -0.4 is 5.32 Å². The number of carbonyl (C=O) groups excluding carboxylic acids is 1. The lowest BCUT2D eigenvalue weighted by atomic mass is 10.1. The van der Waals surface area contributed by atoms with Gasteiger partial charge in [0.25, 0.3) is 5.91 Å². The second-order valence-electron chi connectivity index (χ2n) is 6.86. The maximum absolute atomic E-state index is 12.1. The van der Waals surface area contributed by atoms with Crippen LogP contribution in [0.15, 0.2) is 45.1 Å². The van der Waals surface area contributed by atoms with E-state index in [0.717, 1.165) is 42.3 Å². The van der Waals surface area contributed by atoms with Gasteiger partial charge in [-0.3, -0.25) is 4.79 Å². The summed E-state index contributed by atoms with van der Waals surface area (Å²) in [5, 5.41) is 15.0. The van der Waals surface area contributed by atoms with Crippen molar-refractivity contribution in [2.75, 3.05) is 33.0 Å². The van der Waals surface area contributed by atoms with Crippen LogP contribution in [0.5, 0.6) is 0 Å². The monoisotopic (exact) mass is 500 g/mol. The van der Waals surface area contributed by atoms with E-state index >= 15 is 0 Å². The highest BCUT2D eigenvalue weighted by molar-refractivity contribution is 14.1. The summed E-state index contributed by atoms with van der Waals surface area (Å²) < 4.78 is 11.7. The number of hydrogen-bond donors (Lipinski definition) is 2.